The normalized spacial score (nSPS) is 10.9. The first-order chi connectivity index (χ1) is 10.6. The van der Waals surface area contributed by atoms with Crippen LogP contribution in [0.3, 0.4) is 0 Å². The molecule has 2 aromatic carbocycles. The van der Waals surface area contributed by atoms with Crippen molar-refractivity contribution in [1.29, 1.82) is 0 Å². The van der Waals surface area contributed by atoms with Gasteiger partial charge in [0.1, 0.15) is 11.0 Å². The van der Waals surface area contributed by atoms with E-state index >= 15 is 0 Å². The molecule has 3 aromatic rings. The van der Waals surface area contributed by atoms with Gasteiger partial charge in [0.25, 0.3) is 0 Å². The lowest BCUT2D eigenvalue weighted by Gasteiger charge is -2.04. The summed E-state index contributed by atoms with van der Waals surface area (Å²) in [4.78, 5) is 0. The molecule has 3 nitrogen and oxygen atoms in total. The van der Waals surface area contributed by atoms with Gasteiger partial charge in [0.15, 0.2) is 0 Å². The summed E-state index contributed by atoms with van der Waals surface area (Å²) < 4.78 is 15.5. The molecule has 0 bridgehead atoms. The zero-order valence-corrected chi connectivity index (χ0v) is 12.8. The molecular formula is C16H11Cl2FN2O. The summed E-state index contributed by atoms with van der Waals surface area (Å²) in [7, 11) is 0. The Bertz CT molecular complexity index is 795. The fourth-order valence-corrected chi connectivity index (χ4v) is 2.65. The van der Waals surface area contributed by atoms with Crippen molar-refractivity contribution in [3.8, 4) is 16.9 Å². The second-order valence-electron chi connectivity index (χ2n) is 4.69. The molecule has 22 heavy (non-hydrogen) atoms. The third kappa shape index (κ3) is 2.73. The molecule has 0 atom stereocenters. The van der Waals surface area contributed by atoms with Crippen LogP contribution in [0.5, 0.6) is 0 Å². The standard InChI is InChI=1S/C16H11Cl2FN2O/c17-12-2-1-3-13(19)16(12)14-8-15(18)21(20-14)11-6-4-10(9-22)5-7-11/h1-8,22H,9H2. The molecule has 0 amide bonds. The minimum absolute atomic E-state index is 0.0385. The molecule has 1 N–H and O–H groups in total. The van der Waals surface area contributed by atoms with Crippen molar-refractivity contribution in [3.05, 3.63) is 70.1 Å². The van der Waals surface area contributed by atoms with E-state index in [2.05, 4.69) is 5.10 Å². The van der Waals surface area contributed by atoms with Gasteiger partial charge in [-0.3, -0.25) is 0 Å². The first-order valence-electron chi connectivity index (χ1n) is 6.50. The van der Waals surface area contributed by atoms with Crippen LogP contribution < -0.4 is 0 Å². The largest absolute Gasteiger partial charge is 0.392 e. The average Bonchev–Trinajstić information content (AvgIpc) is 2.89. The summed E-state index contributed by atoms with van der Waals surface area (Å²) in [6.45, 7) is -0.0385. The van der Waals surface area contributed by atoms with Gasteiger partial charge in [-0.25, -0.2) is 9.07 Å². The Hall–Kier alpha value is -1.88. The molecular weight excluding hydrogens is 326 g/mol. The molecule has 0 aliphatic rings. The molecule has 6 heteroatoms. The van der Waals surface area contributed by atoms with Crippen LogP contribution in [0.1, 0.15) is 5.56 Å². The van der Waals surface area contributed by atoms with Gasteiger partial charge in [-0.1, -0.05) is 41.4 Å². The Morgan fingerprint density at radius 1 is 1.09 bits per heavy atom. The summed E-state index contributed by atoms with van der Waals surface area (Å²) in [6.07, 6.45) is 0. The van der Waals surface area contributed by atoms with Gasteiger partial charge in [0.05, 0.1) is 28.6 Å². The van der Waals surface area contributed by atoms with E-state index in [1.807, 2.05) is 0 Å². The second-order valence-corrected chi connectivity index (χ2v) is 5.48. The van der Waals surface area contributed by atoms with Crippen molar-refractivity contribution in [2.45, 2.75) is 6.61 Å². The molecule has 0 fully saturated rings. The molecule has 112 valence electrons. The van der Waals surface area contributed by atoms with E-state index in [0.29, 0.717) is 16.5 Å². The highest BCUT2D eigenvalue weighted by molar-refractivity contribution is 6.33. The molecule has 0 saturated heterocycles. The number of aliphatic hydroxyl groups excluding tert-OH is 1. The Morgan fingerprint density at radius 2 is 1.82 bits per heavy atom. The maximum absolute atomic E-state index is 14.0. The van der Waals surface area contributed by atoms with Crippen LogP contribution in [-0.2, 0) is 6.61 Å². The summed E-state index contributed by atoms with van der Waals surface area (Å²) in [5.74, 6) is -0.454. The first-order valence-corrected chi connectivity index (χ1v) is 7.26. The highest BCUT2D eigenvalue weighted by Gasteiger charge is 2.15. The van der Waals surface area contributed by atoms with Crippen LogP contribution in [0, 0.1) is 5.82 Å². The highest BCUT2D eigenvalue weighted by Crippen LogP contribution is 2.32. The zero-order chi connectivity index (χ0) is 15.7. The summed E-state index contributed by atoms with van der Waals surface area (Å²) >= 11 is 12.2. The number of aliphatic hydroxyl groups is 1. The Morgan fingerprint density at radius 3 is 2.45 bits per heavy atom. The topological polar surface area (TPSA) is 38.0 Å². The lowest BCUT2D eigenvalue weighted by atomic mass is 10.1. The lowest BCUT2D eigenvalue weighted by molar-refractivity contribution is 0.282. The van der Waals surface area contributed by atoms with Crippen molar-refractivity contribution < 1.29 is 9.50 Å². The molecule has 1 heterocycles. The van der Waals surface area contributed by atoms with Crippen molar-refractivity contribution in [3.63, 3.8) is 0 Å². The molecule has 0 spiro atoms. The van der Waals surface area contributed by atoms with E-state index in [1.54, 1.807) is 36.4 Å². The van der Waals surface area contributed by atoms with E-state index in [0.717, 1.165) is 5.56 Å². The van der Waals surface area contributed by atoms with Crippen molar-refractivity contribution >= 4 is 23.2 Å². The summed E-state index contributed by atoms with van der Waals surface area (Å²) in [5, 5.41) is 14.0. The average molecular weight is 337 g/mol. The molecule has 1 aromatic heterocycles. The van der Waals surface area contributed by atoms with Crippen LogP contribution in [-0.4, -0.2) is 14.9 Å². The predicted octanol–water partition coefficient (Wildman–Crippen LogP) is 4.48. The van der Waals surface area contributed by atoms with Gasteiger partial charge in [-0.05, 0) is 29.8 Å². The van der Waals surface area contributed by atoms with E-state index in [4.69, 9.17) is 28.3 Å². The van der Waals surface area contributed by atoms with Gasteiger partial charge in [-0.2, -0.15) is 5.10 Å². The fraction of sp³-hybridized carbons (Fsp3) is 0.0625. The molecule has 0 aliphatic heterocycles. The summed E-state index contributed by atoms with van der Waals surface area (Å²) in [5.41, 5.74) is 2.07. The molecule has 0 unspecified atom stereocenters. The van der Waals surface area contributed by atoms with Crippen molar-refractivity contribution in [1.82, 2.24) is 9.78 Å². The third-order valence-corrected chi connectivity index (χ3v) is 3.83. The predicted molar refractivity (Wildman–Crippen MR) is 84.9 cm³/mol. The number of rotatable bonds is 3. The Kier molecular flexibility index (Phi) is 4.16. The molecule has 0 aliphatic carbocycles. The smallest absolute Gasteiger partial charge is 0.134 e. The second kappa shape index (κ2) is 6.08. The van der Waals surface area contributed by atoms with Gasteiger partial charge in [-0.15, -0.1) is 0 Å². The number of aromatic nitrogens is 2. The van der Waals surface area contributed by atoms with Crippen LogP contribution in [0.2, 0.25) is 10.2 Å². The van der Waals surface area contributed by atoms with Crippen LogP contribution in [0.4, 0.5) is 4.39 Å². The van der Waals surface area contributed by atoms with Crippen molar-refractivity contribution in [2.24, 2.45) is 0 Å². The highest BCUT2D eigenvalue weighted by atomic mass is 35.5. The minimum atomic E-state index is -0.454. The minimum Gasteiger partial charge on any atom is -0.392 e. The van der Waals surface area contributed by atoms with Gasteiger partial charge >= 0.3 is 0 Å². The quantitative estimate of drug-likeness (QED) is 0.765. The first kappa shape index (κ1) is 15.0. The Labute approximate surface area is 136 Å². The number of hydrogen-bond donors (Lipinski definition) is 1. The van der Waals surface area contributed by atoms with Crippen LogP contribution in [0.25, 0.3) is 16.9 Å². The lowest BCUT2D eigenvalue weighted by Crippen LogP contribution is -1.97. The fourth-order valence-electron chi connectivity index (χ4n) is 2.15. The number of hydrogen-bond acceptors (Lipinski definition) is 2. The van der Waals surface area contributed by atoms with Gasteiger partial charge < -0.3 is 5.11 Å². The third-order valence-electron chi connectivity index (χ3n) is 3.25. The maximum atomic E-state index is 14.0. The van der Waals surface area contributed by atoms with E-state index in [-0.39, 0.29) is 17.2 Å². The molecule has 0 radical (unpaired) electrons. The van der Waals surface area contributed by atoms with Crippen LogP contribution >= 0.6 is 23.2 Å². The number of benzene rings is 2. The number of nitrogens with zero attached hydrogens (tertiary/aromatic N) is 2. The Balaban J connectivity index is 2.07. The van der Waals surface area contributed by atoms with E-state index < -0.39 is 5.82 Å². The summed E-state index contributed by atoms with van der Waals surface area (Å²) in [6, 6.07) is 13.1. The molecule has 3 rings (SSSR count). The van der Waals surface area contributed by atoms with E-state index in [9.17, 15) is 4.39 Å². The zero-order valence-electron chi connectivity index (χ0n) is 11.3. The maximum Gasteiger partial charge on any atom is 0.134 e. The molecule has 0 saturated carbocycles. The van der Waals surface area contributed by atoms with Gasteiger partial charge in [0, 0.05) is 6.07 Å². The van der Waals surface area contributed by atoms with Crippen LogP contribution in [0.15, 0.2) is 48.5 Å². The monoisotopic (exact) mass is 336 g/mol. The SMILES string of the molecule is OCc1ccc(-n2nc(-c3c(F)cccc3Cl)cc2Cl)cc1. The number of halogens is 3. The van der Waals surface area contributed by atoms with E-state index in [1.165, 1.54) is 16.8 Å². The van der Waals surface area contributed by atoms with Crippen molar-refractivity contribution in [2.75, 3.05) is 0 Å². The van der Waals surface area contributed by atoms with Gasteiger partial charge in [0.2, 0.25) is 0 Å².